The third kappa shape index (κ3) is 17.9. The summed E-state index contributed by atoms with van der Waals surface area (Å²) in [6.07, 6.45) is 21.8. The number of rotatable bonds is 21. The molecule has 2 unspecified atom stereocenters. The lowest BCUT2D eigenvalue weighted by Crippen LogP contribution is -2.19. The molecule has 5 heteroatoms. The highest BCUT2D eigenvalue weighted by atomic mass is 32.2. The molecule has 0 aliphatic carbocycles. The van der Waals surface area contributed by atoms with Gasteiger partial charge in [-0.25, -0.2) is 0 Å². The van der Waals surface area contributed by atoms with Gasteiger partial charge in [0.25, 0.3) is 10.1 Å². The van der Waals surface area contributed by atoms with Gasteiger partial charge in [0.15, 0.2) is 0 Å². The largest absolute Gasteiger partial charge is 0.393 e. The first kappa shape index (κ1) is 27.9. The molecule has 4 nitrogen and oxygen atoms in total. The van der Waals surface area contributed by atoms with Crippen LogP contribution >= 0.6 is 0 Å². The molecule has 0 spiro atoms. The molecule has 0 heterocycles. The molecule has 0 radical (unpaired) electrons. The Morgan fingerprint density at radius 2 is 0.893 bits per heavy atom. The molecule has 0 amide bonds. The molecule has 170 valence electrons. The third-order valence-corrected chi connectivity index (χ3v) is 7.32. The fraction of sp³-hybridized carbons (Fsp3) is 1.00. The van der Waals surface area contributed by atoms with E-state index >= 15 is 0 Å². The molecular weight excluding hydrogens is 372 g/mol. The van der Waals surface area contributed by atoms with Crippen molar-refractivity contribution in [2.45, 2.75) is 147 Å². The molecule has 0 aromatic rings. The van der Waals surface area contributed by atoms with E-state index in [0.717, 1.165) is 25.7 Å². The zero-order valence-corrected chi connectivity index (χ0v) is 19.5. The Hall–Kier alpha value is -0.130. The van der Waals surface area contributed by atoms with E-state index in [1.165, 1.54) is 83.5 Å². The lowest BCUT2D eigenvalue weighted by Gasteiger charge is -2.10. The van der Waals surface area contributed by atoms with E-state index in [1.807, 2.05) is 13.8 Å². The van der Waals surface area contributed by atoms with Gasteiger partial charge < -0.3 is 5.11 Å². The average molecular weight is 421 g/mol. The summed E-state index contributed by atoms with van der Waals surface area (Å²) in [6.45, 7) is 3.86. The van der Waals surface area contributed by atoms with Crippen LogP contribution in [0.25, 0.3) is 0 Å². The molecule has 2 N–H and O–H groups in total. The molecule has 0 bridgehead atoms. The monoisotopic (exact) mass is 420 g/mol. The average Bonchev–Trinajstić information content (AvgIpc) is 2.65. The Bertz CT molecular complexity index is 422. The van der Waals surface area contributed by atoms with Crippen molar-refractivity contribution in [2.75, 3.05) is 0 Å². The summed E-state index contributed by atoms with van der Waals surface area (Å²) in [5.41, 5.74) is 0. The second-order valence-corrected chi connectivity index (χ2v) is 10.2. The predicted octanol–water partition coefficient (Wildman–Crippen LogP) is 7.06. The molecule has 0 saturated heterocycles. The third-order valence-electron chi connectivity index (χ3n) is 5.91. The van der Waals surface area contributed by atoms with E-state index in [2.05, 4.69) is 0 Å². The molecule has 0 aromatic heterocycles. The standard InChI is InChI=1S/C23H48O4S/c1-3-22(24)20-18-16-14-12-10-8-6-5-7-9-11-13-15-17-19-21-23(4-2)28(25,26)27/h22-24H,3-21H2,1-2H3,(H,25,26,27). The second kappa shape index (κ2) is 18.9. The van der Waals surface area contributed by atoms with Gasteiger partial charge in [-0.3, -0.25) is 4.55 Å². The van der Waals surface area contributed by atoms with Crippen molar-refractivity contribution >= 4 is 10.1 Å². The highest BCUT2D eigenvalue weighted by Crippen LogP contribution is 2.17. The van der Waals surface area contributed by atoms with Crippen molar-refractivity contribution in [2.24, 2.45) is 0 Å². The number of unbranched alkanes of at least 4 members (excludes halogenated alkanes) is 14. The van der Waals surface area contributed by atoms with Gasteiger partial charge in [0.2, 0.25) is 0 Å². The first-order chi connectivity index (χ1) is 13.4. The topological polar surface area (TPSA) is 74.6 Å². The lowest BCUT2D eigenvalue weighted by atomic mass is 10.0. The van der Waals surface area contributed by atoms with Crippen LogP contribution in [0.4, 0.5) is 0 Å². The van der Waals surface area contributed by atoms with Gasteiger partial charge in [-0.2, -0.15) is 8.42 Å². The minimum atomic E-state index is -3.85. The smallest absolute Gasteiger partial charge is 0.267 e. The maximum atomic E-state index is 11.1. The summed E-state index contributed by atoms with van der Waals surface area (Å²) >= 11 is 0. The van der Waals surface area contributed by atoms with E-state index in [-0.39, 0.29) is 6.10 Å². The summed E-state index contributed by atoms with van der Waals surface area (Å²) in [7, 11) is -3.85. The van der Waals surface area contributed by atoms with E-state index < -0.39 is 15.4 Å². The van der Waals surface area contributed by atoms with Gasteiger partial charge >= 0.3 is 0 Å². The molecule has 0 fully saturated rings. The summed E-state index contributed by atoms with van der Waals surface area (Å²) in [4.78, 5) is 0. The molecule has 0 aliphatic rings. The Labute approximate surface area is 175 Å². The fourth-order valence-corrected chi connectivity index (χ4v) is 4.70. The van der Waals surface area contributed by atoms with Crippen LogP contribution < -0.4 is 0 Å². The molecule has 0 saturated carbocycles. The number of hydrogen-bond acceptors (Lipinski definition) is 3. The summed E-state index contributed by atoms with van der Waals surface area (Å²) < 4.78 is 31.4. The number of hydrogen-bond donors (Lipinski definition) is 2. The van der Waals surface area contributed by atoms with Crippen LogP contribution in [-0.2, 0) is 10.1 Å². The van der Waals surface area contributed by atoms with Gasteiger partial charge in [-0.05, 0) is 25.7 Å². The fourth-order valence-electron chi connectivity index (χ4n) is 3.82. The van der Waals surface area contributed by atoms with Crippen molar-refractivity contribution in [3.8, 4) is 0 Å². The zero-order chi connectivity index (χ0) is 21.1. The van der Waals surface area contributed by atoms with E-state index in [9.17, 15) is 13.5 Å². The lowest BCUT2D eigenvalue weighted by molar-refractivity contribution is 0.156. The number of aliphatic hydroxyl groups is 1. The molecule has 0 aliphatic heterocycles. The van der Waals surface area contributed by atoms with Gasteiger partial charge in [-0.1, -0.05) is 110 Å². The van der Waals surface area contributed by atoms with Crippen LogP contribution in [0.2, 0.25) is 0 Å². The summed E-state index contributed by atoms with van der Waals surface area (Å²) in [5.74, 6) is 0. The van der Waals surface area contributed by atoms with Crippen LogP contribution in [0.1, 0.15) is 136 Å². The second-order valence-electron chi connectivity index (χ2n) is 8.49. The molecule has 2 atom stereocenters. The Kier molecular flexibility index (Phi) is 18.8. The molecule has 28 heavy (non-hydrogen) atoms. The van der Waals surface area contributed by atoms with Crippen molar-refractivity contribution in [3.63, 3.8) is 0 Å². The highest BCUT2D eigenvalue weighted by Gasteiger charge is 2.19. The first-order valence-electron chi connectivity index (χ1n) is 12.1. The molecule has 0 rings (SSSR count). The van der Waals surface area contributed by atoms with Crippen molar-refractivity contribution in [3.05, 3.63) is 0 Å². The van der Waals surface area contributed by atoms with Crippen LogP contribution in [-0.4, -0.2) is 29.4 Å². The number of aliphatic hydroxyl groups excluding tert-OH is 1. The van der Waals surface area contributed by atoms with E-state index in [0.29, 0.717) is 12.8 Å². The van der Waals surface area contributed by atoms with Gasteiger partial charge in [0, 0.05) is 0 Å². The van der Waals surface area contributed by atoms with Crippen molar-refractivity contribution in [1.29, 1.82) is 0 Å². The van der Waals surface area contributed by atoms with Gasteiger partial charge in [-0.15, -0.1) is 0 Å². The van der Waals surface area contributed by atoms with E-state index in [1.54, 1.807) is 0 Å². The van der Waals surface area contributed by atoms with Crippen molar-refractivity contribution < 1.29 is 18.1 Å². The predicted molar refractivity (Wildman–Crippen MR) is 120 cm³/mol. The Balaban J connectivity index is 3.22. The Morgan fingerprint density at radius 3 is 1.18 bits per heavy atom. The maximum Gasteiger partial charge on any atom is 0.267 e. The Morgan fingerprint density at radius 1 is 0.571 bits per heavy atom. The maximum absolute atomic E-state index is 11.1. The summed E-state index contributed by atoms with van der Waals surface area (Å²) in [6, 6.07) is 0. The van der Waals surface area contributed by atoms with Crippen LogP contribution in [0.5, 0.6) is 0 Å². The van der Waals surface area contributed by atoms with Crippen LogP contribution in [0.15, 0.2) is 0 Å². The minimum absolute atomic E-state index is 0.0847. The molecular formula is C23H48O4S. The first-order valence-corrected chi connectivity index (χ1v) is 13.6. The summed E-state index contributed by atoms with van der Waals surface area (Å²) in [5, 5.41) is 8.93. The normalized spacial score (nSPS) is 14.3. The quantitative estimate of drug-likeness (QED) is 0.154. The van der Waals surface area contributed by atoms with Crippen LogP contribution in [0, 0.1) is 0 Å². The van der Waals surface area contributed by atoms with Gasteiger partial charge in [0.1, 0.15) is 0 Å². The molecule has 0 aromatic carbocycles. The van der Waals surface area contributed by atoms with Crippen molar-refractivity contribution in [1.82, 2.24) is 0 Å². The minimum Gasteiger partial charge on any atom is -0.393 e. The highest BCUT2D eigenvalue weighted by molar-refractivity contribution is 7.86. The SMILES string of the molecule is CCC(O)CCCCCCCCCCCCCCCCCC(CC)S(=O)(=O)O. The van der Waals surface area contributed by atoms with Crippen LogP contribution in [0.3, 0.4) is 0 Å². The zero-order valence-electron chi connectivity index (χ0n) is 18.7. The van der Waals surface area contributed by atoms with Gasteiger partial charge in [0.05, 0.1) is 11.4 Å². The van der Waals surface area contributed by atoms with E-state index in [4.69, 9.17) is 4.55 Å².